The van der Waals surface area contributed by atoms with Crippen molar-refractivity contribution in [1.82, 2.24) is 20.5 Å². The average molecular weight is 372 g/mol. The number of amides is 2. The van der Waals surface area contributed by atoms with Crippen LogP contribution >= 0.6 is 0 Å². The van der Waals surface area contributed by atoms with Crippen LogP contribution in [0.5, 0.6) is 5.75 Å². The number of pyridine rings is 1. The lowest BCUT2D eigenvalue weighted by Gasteiger charge is -2.32. The van der Waals surface area contributed by atoms with Crippen LogP contribution in [0.3, 0.4) is 0 Å². The second-order valence-corrected chi connectivity index (χ2v) is 6.70. The molecule has 2 amide bonds. The van der Waals surface area contributed by atoms with Crippen molar-refractivity contribution in [3.63, 3.8) is 0 Å². The molecule has 6 nitrogen and oxygen atoms in total. The van der Waals surface area contributed by atoms with E-state index in [2.05, 4.69) is 20.5 Å². The first-order valence-electron chi connectivity index (χ1n) is 9.12. The van der Waals surface area contributed by atoms with E-state index in [0.717, 1.165) is 37.1 Å². The minimum atomic E-state index is -0.336. The fourth-order valence-corrected chi connectivity index (χ4v) is 3.22. The topological polar surface area (TPSA) is 66.5 Å². The number of piperidine rings is 1. The quantitative estimate of drug-likeness (QED) is 0.818. The van der Waals surface area contributed by atoms with Crippen molar-refractivity contribution in [3.05, 3.63) is 59.7 Å². The summed E-state index contributed by atoms with van der Waals surface area (Å²) in [6.07, 6.45) is 5.17. The van der Waals surface area contributed by atoms with Gasteiger partial charge in [-0.15, -0.1) is 0 Å². The fraction of sp³-hybridized carbons (Fsp3) is 0.400. The van der Waals surface area contributed by atoms with Gasteiger partial charge < -0.3 is 15.4 Å². The van der Waals surface area contributed by atoms with E-state index in [4.69, 9.17) is 4.74 Å². The Kier molecular flexibility index (Phi) is 6.59. The van der Waals surface area contributed by atoms with Gasteiger partial charge in [0.2, 0.25) is 0 Å². The second kappa shape index (κ2) is 9.32. The van der Waals surface area contributed by atoms with Gasteiger partial charge in [0.1, 0.15) is 0 Å². The van der Waals surface area contributed by atoms with Crippen molar-refractivity contribution >= 4 is 6.03 Å². The second-order valence-electron chi connectivity index (χ2n) is 6.70. The molecule has 0 bridgehead atoms. The number of benzene rings is 1. The first kappa shape index (κ1) is 19.1. The highest BCUT2D eigenvalue weighted by molar-refractivity contribution is 5.74. The fourth-order valence-electron chi connectivity index (χ4n) is 3.22. The Labute approximate surface area is 158 Å². The number of nitrogens with one attached hydrogen (secondary N) is 2. The molecule has 0 saturated carbocycles. The van der Waals surface area contributed by atoms with Crippen molar-refractivity contribution < 1.29 is 13.9 Å². The molecule has 3 rings (SSSR count). The van der Waals surface area contributed by atoms with Crippen LogP contribution < -0.4 is 15.4 Å². The molecule has 7 heteroatoms. The van der Waals surface area contributed by atoms with E-state index in [0.29, 0.717) is 13.1 Å². The summed E-state index contributed by atoms with van der Waals surface area (Å²) >= 11 is 0. The number of urea groups is 1. The van der Waals surface area contributed by atoms with Crippen LogP contribution in [0.4, 0.5) is 9.18 Å². The summed E-state index contributed by atoms with van der Waals surface area (Å²) in [4.78, 5) is 18.3. The zero-order chi connectivity index (χ0) is 19.1. The molecule has 1 aliphatic rings. The van der Waals surface area contributed by atoms with Gasteiger partial charge in [-0.3, -0.25) is 9.88 Å². The molecule has 0 radical (unpaired) electrons. The van der Waals surface area contributed by atoms with Crippen molar-refractivity contribution in [2.45, 2.75) is 32.0 Å². The lowest BCUT2D eigenvalue weighted by atomic mass is 10.0. The molecule has 1 saturated heterocycles. The molecule has 0 spiro atoms. The van der Waals surface area contributed by atoms with Gasteiger partial charge in [0.05, 0.1) is 7.11 Å². The Morgan fingerprint density at radius 2 is 1.96 bits per heavy atom. The highest BCUT2D eigenvalue weighted by Crippen LogP contribution is 2.20. The molecule has 2 aromatic rings. The molecule has 1 aliphatic heterocycles. The summed E-state index contributed by atoms with van der Waals surface area (Å²) < 4.78 is 18.8. The van der Waals surface area contributed by atoms with Gasteiger partial charge in [0.15, 0.2) is 11.6 Å². The summed E-state index contributed by atoms with van der Waals surface area (Å²) in [5.41, 5.74) is 1.94. The number of methoxy groups -OCH3 is 1. The van der Waals surface area contributed by atoms with E-state index in [1.54, 1.807) is 18.5 Å². The third-order valence-corrected chi connectivity index (χ3v) is 4.75. The summed E-state index contributed by atoms with van der Waals surface area (Å²) in [6, 6.07) is 8.83. The summed E-state index contributed by atoms with van der Waals surface area (Å²) in [7, 11) is 1.46. The van der Waals surface area contributed by atoms with Crippen LogP contribution in [-0.2, 0) is 13.1 Å². The number of ether oxygens (including phenoxy) is 1. The Bertz CT molecular complexity index is 749. The number of hydrogen-bond acceptors (Lipinski definition) is 4. The van der Waals surface area contributed by atoms with E-state index < -0.39 is 0 Å². The third kappa shape index (κ3) is 5.65. The Morgan fingerprint density at radius 1 is 1.22 bits per heavy atom. The maximum absolute atomic E-state index is 13.8. The van der Waals surface area contributed by atoms with Crippen LogP contribution in [0, 0.1) is 5.82 Å². The SMILES string of the molecule is COc1ccc(CN2CCC(NC(=O)NCc3ccncc3)CC2)cc1F. The highest BCUT2D eigenvalue weighted by Gasteiger charge is 2.21. The monoisotopic (exact) mass is 372 g/mol. The van der Waals surface area contributed by atoms with Gasteiger partial charge in [-0.2, -0.15) is 0 Å². The Morgan fingerprint density at radius 3 is 2.63 bits per heavy atom. The number of nitrogens with zero attached hydrogens (tertiary/aromatic N) is 2. The van der Waals surface area contributed by atoms with Crippen LogP contribution in [0.25, 0.3) is 0 Å². The van der Waals surface area contributed by atoms with Crippen molar-refractivity contribution in [3.8, 4) is 5.75 Å². The first-order valence-corrected chi connectivity index (χ1v) is 9.12. The molecule has 0 aliphatic carbocycles. The van der Waals surface area contributed by atoms with Crippen molar-refractivity contribution in [2.75, 3.05) is 20.2 Å². The largest absolute Gasteiger partial charge is 0.494 e. The van der Waals surface area contributed by atoms with Gasteiger partial charge in [-0.05, 0) is 48.2 Å². The summed E-state index contributed by atoms with van der Waals surface area (Å²) in [5, 5.41) is 5.90. The number of halogens is 1. The molecule has 27 heavy (non-hydrogen) atoms. The minimum Gasteiger partial charge on any atom is -0.494 e. The molecule has 144 valence electrons. The van der Waals surface area contributed by atoms with Crippen LogP contribution in [0.15, 0.2) is 42.7 Å². The number of hydrogen-bond donors (Lipinski definition) is 2. The zero-order valence-electron chi connectivity index (χ0n) is 15.5. The van der Waals surface area contributed by atoms with E-state index in [9.17, 15) is 9.18 Å². The van der Waals surface area contributed by atoms with Gasteiger partial charge in [-0.25, -0.2) is 9.18 Å². The predicted molar refractivity (Wildman–Crippen MR) is 101 cm³/mol. The normalized spacial score (nSPS) is 15.3. The minimum absolute atomic E-state index is 0.150. The van der Waals surface area contributed by atoms with Gasteiger partial charge in [0, 0.05) is 44.6 Å². The van der Waals surface area contributed by atoms with E-state index in [-0.39, 0.29) is 23.6 Å². The van der Waals surface area contributed by atoms with Crippen LogP contribution in [0.1, 0.15) is 24.0 Å². The van der Waals surface area contributed by atoms with Crippen LogP contribution in [-0.4, -0.2) is 42.2 Å². The molecule has 1 aromatic heterocycles. The maximum atomic E-state index is 13.8. The van der Waals surface area contributed by atoms with Gasteiger partial charge >= 0.3 is 6.03 Å². The lowest BCUT2D eigenvalue weighted by molar-refractivity contribution is 0.186. The average Bonchev–Trinajstić information content (AvgIpc) is 2.69. The van der Waals surface area contributed by atoms with E-state index in [1.165, 1.54) is 13.2 Å². The number of likely N-dealkylation sites (tertiary alicyclic amines) is 1. The van der Waals surface area contributed by atoms with Gasteiger partial charge in [-0.1, -0.05) is 6.07 Å². The van der Waals surface area contributed by atoms with E-state index >= 15 is 0 Å². The molecule has 0 unspecified atom stereocenters. The Hall–Kier alpha value is -2.67. The molecular formula is C20H25FN4O2. The summed E-state index contributed by atoms with van der Waals surface area (Å²) in [6.45, 7) is 2.91. The molecule has 1 aromatic carbocycles. The van der Waals surface area contributed by atoms with Crippen LogP contribution in [0.2, 0.25) is 0 Å². The molecular weight excluding hydrogens is 347 g/mol. The molecule has 2 heterocycles. The first-order chi connectivity index (χ1) is 13.1. The van der Waals surface area contributed by atoms with Gasteiger partial charge in [0.25, 0.3) is 0 Å². The zero-order valence-corrected chi connectivity index (χ0v) is 15.5. The third-order valence-electron chi connectivity index (χ3n) is 4.75. The maximum Gasteiger partial charge on any atom is 0.315 e. The number of carbonyl (C=O) groups excluding carboxylic acids is 1. The number of rotatable bonds is 6. The van der Waals surface area contributed by atoms with Crippen molar-refractivity contribution in [2.24, 2.45) is 0 Å². The lowest BCUT2D eigenvalue weighted by Crippen LogP contribution is -2.47. The standard InChI is InChI=1S/C20H25FN4O2/c1-27-19-3-2-16(12-18(19)21)14-25-10-6-17(7-11-25)24-20(26)23-13-15-4-8-22-9-5-15/h2-5,8-9,12,17H,6-7,10-11,13-14H2,1H3,(H2,23,24,26). The smallest absolute Gasteiger partial charge is 0.315 e. The summed E-state index contributed by atoms with van der Waals surface area (Å²) in [5.74, 6) is -0.0724. The number of carbonyl (C=O) groups is 1. The molecule has 1 fully saturated rings. The predicted octanol–water partition coefficient (Wildman–Crippen LogP) is 2.69. The van der Waals surface area contributed by atoms with E-state index in [1.807, 2.05) is 18.2 Å². The highest BCUT2D eigenvalue weighted by atomic mass is 19.1. The molecule has 2 N–H and O–H groups in total. The number of aromatic nitrogens is 1. The Balaban J connectivity index is 1.39. The van der Waals surface area contributed by atoms with Crippen molar-refractivity contribution in [1.29, 1.82) is 0 Å². The molecule has 0 atom stereocenters.